The van der Waals surface area contributed by atoms with Crippen LogP contribution in [0.15, 0.2) is 35.5 Å². The number of aromatic nitrogens is 2. The van der Waals surface area contributed by atoms with Gasteiger partial charge in [-0.1, -0.05) is 11.8 Å². The Hall–Kier alpha value is -1.82. The lowest BCUT2D eigenvalue weighted by Gasteiger charge is -2.09. The van der Waals surface area contributed by atoms with Crippen LogP contribution in [-0.2, 0) is 0 Å². The molecule has 0 atom stereocenters. The molecule has 2 aromatic rings. The van der Waals surface area contributed by atoms with Crippen LogP contribution in [-0.4, -0.2) is 22.8 Å². The van der Waals surface area contributed by atoms with Gasteiger partial charge in [-0.3, -0.25) is 0 Å². The van der Waals surface area contributed by atoms with Gasteiger partial charge in [0.15, 0.2) is 5.16 Å². The maximum absolute atomic E-state index is 12.8. The maximum Gasteiger partial charge on any atom is 0.191 e. The summed E-state index contributed by atoms with van der Waals surface area (Å²) in [4.78, 5) is 8.70. The molecule has 1 aromatic carbocycles. The zero-order valence-electron chi connectivity index (χ0n) is 10.8. The van der Waals surface area contributed by atoms with Crippen molar-refractivity contribution in [1.82, 2.24) is 9.97 Å². The van der Waals surface area contributed by atoms with Crippen molar-refractivity contribution >= 4 is 29.1 Å². The molecule has 0 bridgehead atoms. The second kappa shape index (κ2) is 6.38. The Kier molecular flexibility index (Phi) is 4.57. The number of rotatable bonds is 5. The van der Waals surface area contributed by atoms with E-state index in [1.54, 1.807) is 12.1 Å². The second-order valence-corrected chi connectivity index (χ2v) is 4.56. The summed E-state index contributed by atoms with van der Waals surface area (Å²) < 4.78 is 12.8. The first-order valence-corrected chi connectivity index (χ1v) is 7.13. The molecule has 2 rings (SSSR count). The number of nitrogens with zero attached hydrogens (tertiary/aromatic N) is 2. The topological polar surface area (TPSA) is 49.8 Å². The Bertz CT molecular complexity index is 545. The Morgan fingerprint density at radius 3 is 2.47 bits per heavy atom. The van der Waals surface area contributed by atoms with E-state index in [1.165, 1.54) is 23.9 Å². The van der Waals surface area contributed by atoms with Gasteiger partial charge >= 0.3 is 0 Å². The van der Waals surface area contributed by atoms with Crippen molar-refractivity contribution < 1.29 is 4.39 Å². The summed E-state index contributed by atoms with van der Waals surface area (Å²) in [7, 11) is 0. The van der Waals surface area contributed by atoms with E-state index >= 15 is 0 Å². The highest BCUT2D eigenvalue weighted by Crippen LogP contribution is 2.20. The van der Waals surface area contributed by atoms with Crippen LogP contribution in [0.5, 0.6) is 0 Å². The molecule has 100 valence electrons. The predicted octanol–water partition coefficient (Wildman–Crippen LogP) is 3.51. The summed E-state index contributed by atoms with van der Waals surface area (Å²) in [6.07, 6.45) is 1.92. The maximum atomic E-state index is 12.8. The lowest BCUT2D eigenvalue weighted by atomic mass is 10.3. The molecule has 0 saturated carbocycles. The standard InChI is InChI=1S/C13H15FN4S/c1-3-15-11-8-12(18-13(17-11)19-2)16-10-6-4-9(14)5-7-10/h4-8H,3H2,1-2H3,(H2,15,16,17,18). The second-order valence-electron chi connectivity index (χ2n) is 3.79. The van der Waals surface area contributed by atoms with E-state index in [2.05, 4.69) is 20.6 Å². The van der Waals surface area contributed by atoms with Crippen LogP contribution < -0.4 is 10.6 Å². The first kappa shape index (κ1) is 13.6. The minimum atomic E-state index is -0.258. The highest BCUT2D eigenvalue weighted by Gasteiger charge is 2.04. The van der Waals surface area contributed by atoms with Crippen LogP contribution in [0.1, 0.15) is 6.92 Å². The van der Waals surface area contributed by atoms with E-state index in [0.29, 0.717) is 11.0 Å². The molecule has 4 nitrogen and oxygen atoms in total. The van der Waals surface area contributed by atoms with Crippen LogP contribution >= 0.6 is 11.8 Å². The van der Waals surface area contributed by atoms with Crippen molar-refractivity contribution in [3.63, 3.8) is 0 Å². The highest BCUT2D eigenvalue weighted by atomic mass is 32.2. The SMILES string of the molecule is CCNc1cc(Nc2ccc(F)cc2)nc(SC)n1. The van der Waals surface area contributed by atoms with Gasteiger partial charge in [-0.2, -0.15) is 0 Å². The lowest BCUT2D eigenvalue weighted by Crippen LogP contribution is -2.03. The number of nitrogens with one attached hydrogen (secondary N) is 2. The van der Waals surface area contributed by atoms with Gasteiger partial charge in [0, 0.05) is 18.3 Å². The normalized spacial score (nSPS) is 10.3. The molecule has 0 aliphatic rings. The molecule has 0 unspecified atom stereocenters. The molecule has 19 heavy (non-hydrogen) atoms. The van der Waals surface area contributed by atoms with Gasteiger partial charge in [0.2, 0.25) is 0 Å². The van der Waals surface area contributed by atoms with E-state index in [4.69, 9.17) is 0 Å². The summed E-state index contributed by atoms with van der Waals surface area (Å²) in [5, 5.41) is 6.97. The first-order chi connectivity index (χ1) is 9.21. The molecule has 0 amide bonds. The van der Waals surface area contributed by atoms with E-state index in [9.17, 15) is 4.39 Å². The lowest BCUT2D eigenvalue weighted by molar-refractivity contribution is 0.628. The molecule has 0 aliphatic heterocycles. The van der Waals surface area contributed by atoms with Gasteiger partial charge in [-0.25, -0.2) is 14.4 Å². The van der Waals surface area contributed by atoms with Crippen molar-refractivity contribution in [2.45, 2.75) is 12.1 Å². The Balaban J connectivity index is 2.23. The predicted molar refractivity (Wildman–Crippen MR) is 77.7 cm³/mol. The van der Waals surface area contributed by atoms with E-state index in [1.807, 2.05) is 19.2 Å². The van der Waals surface area contributed by atoms with Crippen molar-refractivity contribution in [1.29, 1.82) is 0 Å². The summed E-state index contributed by atoms with van der Waals surface area (Å²) >= 11 is 1.47. The monoisotopic (exact) mass is 278 g/mol. The quantitative estimate of drug-likeness (QED) is 0.647. The first-order valence-electron chi connectivity index (χ1n) is 5.91. The zero-order chi connectivity index (χ0) is 13.7. The molecule has 0 aliphatic carbocycles. The van der Waals surface area contributed by atoms with E-state index < -0.39 is 0 Å². The van der Waals surface area contributed by atoms with Gasteiger partial charge in [0.1, 0.15) is 17.5 Å². The molecule has 2 N–H and O–H groups in total. The fourth-order valence-corrected chi connectivity index (χ4v) is 1.91. The highest BCUT2D eigenvalue weighted by molar-refractivity contribution is 7.98. The molecular weight excluding hydrogens is 263 g/mol. The minimum absolute atomic E-state index is 0.258. The largest absolute Gasteiger partial charge is 0.370 e. The van der Waals surface area contributed by atoms with Crippen LogP contribution in [0.4, 0.5) is 21.7 Å². The summed E-state index contributed by atoms with van der Waals surface area (Å²) in [5.41, 5.74) is 0.787. The molecule has 1 aromatic heterocycles. The van der Waals surface area contributed by atoms with Crippen LogP contribution in [0.2, 0.25) is 0 Å². The molecule has 1 heterocycles. The Morgan fingerprint density at radius 1 is 1.16 bits per heavy atom. The average molecular weight is 278 g/mol. The van der Waals surface area contributed by atoms with Gasteiger partial charge < -0.3 is 10.6 Å². The zero-order valence-corrected chi connectivity index (χ0v) is 11.6. The van der Waals surface area contributed by atoms with Crippen molar-refractivity contribution in [2.24, 2.45) is 0 Å². The van der Waals surface area contributed by atoms with Gasteiger partial charge in [-0.15, -0.1) is 0 Å². The fraction of sp³-hybridized carbons (Fsp3) is 0.231. The third-order valence-electron chi connectivity index (χ3n) is 2.36. The number of anilines is 3. The van der Waals surface area contributed by atoms with Crippen molar-refractivity contribution in [3.8, 4) is 0 Å². The third-order valence-corrected chi connectivity index (χ3v) is 2.91. The number of hydrogen-bond acceptors (Lipinski definition) is 5. The minimum Gasteiger partial charge on any atom is -0.370 e. The molecule has 6 heteroatoms. The molecule has 0 radical (unpaired) electrons. The van der Waals surface area contributed by atoms with E-state index in [-0.39, 0.29) is 5.82 Å². The Morgan fingerprint density at radius 2 is 1.84 bits per heavy atom. The van der Waals surface area contributed by atoms with E-state index in [0.717, 1.165) is 18.1 Å². The smallest absolute Gasteiger partial charge is 0.191 e. The van der Waals surface area contributed by atoms with Crippen LogP contribution in [0, 0.1) is 5.82 Å². The fourth-order valence-electron chi connectivity index (χ4n) is 1.53. The van der Waals surface area contributed by atoms with Gasteiger partial charge in [0.25, 0.3) is 0 Å². The third kappa shape index (κ3) is 3.82. The van der Waals surface area contributed by atoms with Crippen LogP contribution in [0.25, 0.3) is 0 Å². The molecule has 0 saturated heterocycles. The number of thioether (sulfide) groups is 1. The summed E-state index contributed by atoms with van der Waals surface area (Å²) in [6.45, 7) is 2.80. The molecule has 0 spiro atoms. The summed E-state index contributed by atoms with van der Waals surface area (Å²) in [6, 6.07) is 7.98. The van der Waals surface area contributed by atoms with Gasteiger partial charge in [0.05, 0.1) is 0 Å². The van der Waals surface area contributed by atoms with Crippen molar-refractivity contribution in [3.05, 3.63) is 36.1 Å². The van der Waals surface area contributed by atoms with Gasteiger partial charge in [-0.05, 0) is 37.4 Å². The average Bonchev–Trinajstić information content (AvgIpc) is 2.41. The molecular formula is C13H15FN4S. The van der Waals surface area contributed by atoms with Crippen LogP contribution in [0.3, 0.4) is 0 Å². The summed E-state index contributed by atoms with van der Waals surface area (Å²) in [5.74, 6) is 1.19. The number of hydrogen-bond donors (Lipinski definition) is 2. The number of benzene rings is 1. The molecule has 0 fully saturated rings. The Labute approximate surface area is 115 Å². The van der Waals surface area contributed by atoms with Crippen molar-refractivity contribution in [2.75, 3.05) is 23.4 Å². The number of halogens is 1.